The summed E-state index contributed by atoms with van der Waals surface area (Å²) in [6.07, 6.45) is 7.78. The fourth-order valence-corrected chi connectivity index (χ4v) is 3.68. The Bertz CT molecular complexity index is 940. The van der Waals surface area contributed by atoms with Gasteiger partial charge in [0, 0.05) is 18.8 Å². The van der Waals surface area contributed by atoms with E-state index >= 15 is 0 Å². The summed E-state index contributed by atoms with van der Waals surface area (Å²) >= 11 is 0. The first kappa shape index (κ1) is 23.8. The Kier molecular flexibility index (Phi) is 7.68. The van der Waals surface area contributed by atoms with E-state index in [1.54, 1.807) is 11.0 Å². The maximum Gasteiger partial charge on any atom is 0.313 e. The summed E-state index contributed by atoms with van der Waals surface area (Å²) < 4.78 is 5.21. The molecule has 0 bridgehead atoms. The van der Waals surface area contributed by atoms with Crippen molar-refractivity contribution in [3.63, 3.8) is 0 Å². The van der Waals surface area contributed by atoms with E-state index in [2.05, 4.69) is 22.0 Å². The Morgan fingerprint density at radius 3 is 2.71 bits per heavy atom. The van der Waals surface area contributed by atoms with Crippen molar-refractivity contribution in [3.8, 4) is 0 Å². The first-order valence-corrected chi connectivity index (χ1v) is 9.93. The second-order valence-electron chi connectivity index (χ2n) is 7.70. The van der Waals surface area contributed by atoms with Crippen molar-refractivity contribution in [2.24, 2.45) is 16.6 Å². The number of nitrogens with one attached hydrogen (secondary N) is 1. The van der Waals surface area contributed by atoms with Crippen molar-refractivity contribution in [2.45, 2.75) is 39.2 Å². The van der Waals surface area contributed by atoms with Crippen molar-refractivity contribution in [1.82, 2.24) is 9.88 Å². The molecule has 166 valence electrons. The molecule has 1 aliphatic rings. The average molecular weight is 428 g/mol. The van der Waals surface area contributed by atoms with Crippen molar-refractivity contribution in [1.29, 1.82) is 0 Å². The number of piperidine rings is 1. The van der Waals surface area contributed by atoms with Gasteiger partial charge >= 0.3 is 11.8 Å². The molecule has 1 fully saturated rings. The number of nitrogens with zero attached hydrogens (tertiary/aromatic N) is 3. The van der Waals surface area contributed by atoms with Gasteiger partial charge in [-0.25, -0.2) is 4.99 Å². The number of aliphatic imine (C=N–C) groups is 1. The van der Waals surface area contributed by atoms with Crippen LogP contribution in [0.1, 0.15) is 44.0 Å². The molecule has 1 aromatic rings. The lowest BCUT2D eigenvalue weighted by molar-refractivity contribution is -0.148. The highest BCUT2D eigenvalue weighted by Crippen LogP contribution is 2.38. The fraction of sp³-hybridized carbons (Fsp3) is 0.409. The summed E-state index contributed by atoms with van der Waals surface area (Å²) in [5, 5.41) is 2.52. The van der Waals surface area contributed by atoms with E-state index in [0.29, 0.717) is 18.8 Å². The minimum Gasteiger partial charge on any atom is -0.481 e. The molecule has 0 aliphatic carbocycles. The zero-order valence-electron chi connectivity index (χ0n) is 18.3. The van der Waals surface area contributed by atoms with Crippen LogP contribution in [0.2, 0.25) is 0 Å². The second kappa shape index (κ2) is 10.0. The average Bonchev–Trinajstić information content (AvgIpc) is 2.76. The molecule has 2 rings (SSSR count). The van der Waals surface area contributed by atoms with Gasteiger partial charge in [0.2, 0.25) is 11.8 Å². The zero-order valence-corrected chi connectivity index (χ0v) is 18.3. The number of ether oxygens (including phenoxy) is 1. The number of carbonyl (C=O) groups is 3. The molecule has 1 saturated heterocycles. The van der Waals surface area contributed by atoms with Crippen LogP contribution in [0.3, 0.4) is 0 Å². The number of amides is 3. The highest BCUT2D eigenvalue weighted by molar-refractivity contribution is 6.39. The first-order valence-electron chi connectivity index (χ1n) is 9.93. The van der Waals surface area contributed by atoms with Crippen LogP contribution in [0.4, 0.5) is 5.69 Å². The Balaban J connectivity index is 2.35. The molecule has 2 heterocycles. The molecule has 0 saturated carbocycles. The van der Waals surface area contributed by atoms with Crippen molar-refractivity contribution in [3.05, 3.63) is 47.6 Å². The van der Waals surface area contributed by atoms with Crippen LogP contribution in [-0.4, -0.2) is 53.5 Å². The van der Waals surface area contributed by atoms with E-state index in [1.165, 1.54) is 25.6 Å². The number of allylic oxidation sites excluding steroid dienone is 1. The summed E-state index contributed by atoms with van der Waals surface area (Å²) in [5.41, 5.74) is 5.65. The van der Waals surface area contributed by atoms with Crippen LogP contribution < -0.4 is 11.1 Å². The number of carbonyl (C=O) groups excluding carboxylic acids is 3. The number of likely N-dealkylation sites (tertiary alicyclic amines) is 1. The van der Waals surface area contributed by atoms with Gasteiger partial charge in [-0.2, -0.15) is 0 Å². The van der Waals surface area contributed by atoms with Crippen LogP contribution in [0.25, 0.3) is 0 Å². The number of pyridine rings is 1. The van der Waals surface area contributed by atoms with Crippen LogP contribution in [0.5, 0.6) is 0 Å². The largest absolute Gasteiger partial charge is 0.481 e. The van der Waals surface area contributed by atoms with Gasteiger partial charge in [0.05, 0.1) is 30.1 Å². The lowest BCUT2D eigenvalue weighted by Gasteiger charge is -2.47. The molecule has 1 aromatic heterocycles. The van der Waals surface area contributed by atoms with E-state index < -0.39 is 23.3 Å². The molecule has 1 aliphatic heterocycles. The minimum atomic E-state index is -0.822. The number of rotatable bonds is 6. The summed E-state index contributed by atoms with van der Waals surface area (Å²) in [7, 11) is 1.49. The zero-order chi connectivity index (χ0) is 23.2. The van der Waals surface area contributed by atoms with Gasteiger partial charge in [-0.15, -0.1) is 0 Å². The SMILES string of the molecule is C=N/C(=C\C(=C/C)[C@]1(C)CC[C@H](C)CN1C(=O)C(=O)Nc1cncc(C(N)=O)c1)OC. The maximum atomic E-state index is 13.2. The third kappa shape index (κ3) is 5.36. The second-order valence-corrected chi connectivity index (χ2v) is 7.70. The van der Waals surface area contributed by atoms with Gasteiger partial charge in [0.1, 0.15) is 0 Å². The maximum absolute atomic E-state index is 13.2. The Hall–Kier alpha value is -3.49. The topological polar surface area (TPSA) is 127 Å². The number of primary amides is 1. The van der Waals surface area contributed by atoms with Crippen molar-refractivity contribution < 1.29 is 19.1 Å². The van der Waals surface area contributed by atoms with E-state index in [9.17, 15) is 14.4 Å². The molecule has 31 heavy (non-hydrogen) atoms. The number of hydrogen-bond donors (Lipinski definition) is 2. The predicted molar refractivity (Wildman–Crippen MR) is 118 cm³/mol. The van der Waals surface area contributed by atoms with Crippen LogP contribution >= 0.6 is 0 Å². The van der Waals surface area contributed by atoms with Gasteiger partial charge in [0.25, 0.3) is 0 Å². The van der Waals surface area contributed by atoms with Crippen LogP contribution in [-0.2, 0) is 14.3 Å². The highest BCUT2D eigenvalue weighted by Gasteiger charge is 2.43. The van der Waals surface area contributed by atoms with Gasteiger partial charge < -0.3 is 20.7 Å². The van der Waals surface area contributed by atoms with Gasteiger partial charge in [-0.05, 0) is 51.0 Å². The summed E-state index contributed by atoms with van der Waals surface area (Å²) in [5.74, 6) is -1.64. The third-order valence-corrected chi connectivity index (χ3v) is 5.51. The van der Waals surface area contributed by atoms with Crippen LogP contribution in [0, 0.1) is 5.92 Å². The van der Waals surface area contributed by atoms with Gasteiger partial charge in [-0.3, -0.25) is 19.4 Å². The van der Waals surface area contributed by atoms with Crippen molar-refractivity contribution >= 4 is 30.1 Å². The molecule has 0 unspecified atom stereocenters. The summed E-state index contributed by atoms with van der Waals surface area (Å²) in [4.78, 5) is 46.6. The lowest BCUT2D eigenvalue weighted by atomic mass is 9.78. The molecule has 9 nitrogen and oxygen atoms in total. The molecule has 2 atom stereocenters. The normalized spacial score (nSPS) is 21.9. The molecule has 3 amide bonds. The summed E-state index contributed by atoms with van der Waals surface area (Å²) in [6, 6.07) is 1.37. The lowest BCUT2D eigenvalue weighted by Crippen LogP contribution is -2.58. The van der Waals surface area contributed by atoms with Crippen LogP contribution in [0.15, 0.2) is 47.1 Å². The molecule has 9 heteroatoms. The number of aromatic nitrogens is 1. The number of nitrogens with two attached hydrogens (primary N) is 1. The minimum absolute atomic E-state index is 0.132. The van der Waals surface area contributed by atoms with E-state index in [0.717, 1.165) is 12.0 Å². The molecule has 0 aromatic carbocycles. The predicted octanol–water partition coefficient (Wildman–Crippen LogP) is 2.27. The standard InChI is InChI=1S/C22H29N5O4/c1-6-16(10-18(24-4)31-5)22(3)8-7-14(2)13-27(22)21(30)20(29)26-17-9-15(19(23)28)11-25-12-17/h6,9-12,14H,4,7-8,13H2,1-3,5H3,(H2,23,28)(H,26,29)/b16-6+,18-10+/t14-,22-/m0/s1. The Labute approximate surface area is 182 Å². The molecule has 0 spiro atoms. The molecular weight excluding hydrogens is 398 g/mol. The van der Waals surface area contributed by atoms with E-state index in [4.69, 9.17) is 10.5 Å². The van der Waals surface area contributed by atoms with E-state index in [-0.39, 0.29) is 17.2 Å². The van der Waals surface area contributed by atoms with Gasteiger partial charge in [0.15, 0.2) is 0 Å². The quantitative estimate of drug-likeness (QED) is 0.312. The number of hydrogen-bond acceptors (Lipinski definition) is 6. The highest BCUT2D eigenvalue weighted by atomic mass is 16.5. The smallest absolute Gasteiger partial charge is 0.313 e. The number of methoxy groups -OCH3 is 1. The Morgan fingerprint density at radius 2 is 2.13 bits per heavy atom. The number of anilines is 1. The van der Waals surface area contributed by atoms with Crippen molar-refractivity contribution in [2.75, 3.05) is 19.0 Å². The fourth-order valence-electron chi connectivity index (χ4n) is 3.68. The monoisotopic (exact) mass is 427 g/mol. The van der Waals surface area contributed by atoms with Gasteiger partial charge in [-0.1, -0.05) is 13.0 Å². The molecule has 3 N–H and O–H groups in total. The third-order valence-electron chi connectivity index (χ3n) is 5.51. The molecular formula is C22H29N5O4. The molecule has 0 radical (unpaired) electrons. The first-order chi connectivity index (χ1) is 14.7. The summed E-state index contributed by atoms with van der Waals surface area (Å²) in [6.45, 7) is 9.72. The Morgan fingerprint density at radius 1 is 1.42 bits per heavy atom. The van der Waals surface area contributed by atoms with E-state index in [1.807, 2.05) is 26.8 Å².